The Bertz CT molecular complexity index is 473. The molecule has 0 unspecified atom stereocenters. The summed E-state index contributed by atoms with van der Waals surface area (Å²) in [6.45, 7) is 8.93. The first-order valence-electron chi connectivity index (χ1n) is 8.85. The van der Waals surface area contributed by atoms with Crippen molar-refractivity contribution < 1.29 is 8.42 Å². The molecule has 0 saturated heterocycles. The monoisotopic (exact) mass is 474 g/mol. The van der Waals surface area contributed by atoms with Gasteiger partial charge in [-0.15, -0.1) is 24.0 Å². The Balaban J connectivity index is 0.00000529. The summed E-state index contributed by atoms with van der Waals surface area (Å²) in [7, 11) is -1.44. The van der Waals surface area contributed by atoms with Crippen molar-refractivity contribution in [1.29, 1.82) is 0 Å². The fourth-order valence-corrected chi connectivity index (χ4v) is 3.60. The van der Waals surface area contributed by atoms with Crippen LogP contribution in [0.15, 0.2) is 4.99 Å². The fraction of sp³-hybridized carbons (Fsp3) is 0.938. The van der Waals surface area contributed by atoms with E-state index in [0.717, 1.165) is 25.5 Å². The highest BCUT2D eigenvalue weighted by Gasteiger charge is 2.34. The highest BCUT2D eigenvalue weighted by molar-refractivity contribution is 14.0. The van der Waals surface area contributed by atoms with E-state index in [1.165, 1.54) is 30.0 Å². The molecule has 1 saturated carbocycles. The van der Waals surface area contributed by atoms with Gasteiger partial charge in [-0.3, -0.25) is 4.99 Å². The molecule has 0 atom stereocenters. The van der Waals surface area contributed by atoms with Gasteiger partial charge in [-0.25, -0.2) is 12.7 Å². The van der Waals surface area contributed by atoms with Crippen LogP contribution >= 0.6 is 24.0 Å². The fourth-order valence-electron chi connectivity index (χ4n) is 2.76. The maximum atomic E-state index is 11.7. The number of guanidine groups is 1. The zero-order valence-corrected chi connectivity index (χ0v) is 18.7. The molecule has 0 aromatic heterocycles. The van der Waals surface area contributed by atoms with E-state index in [1.807, 2.05) is 0 Å². The number of hydrogen-bond acceptors (Lipinski definition) is 3. The van der Waals surface area contributed by atoms with Crippen molar-refractivity contribution in [3.05, 3.63) is 0 Å². The first kappa shape index (κ1) is 23.9. The second-order valence-corrected chi connectivity index (χ2v) is 8.77. The van der Waals surface area contributed by atoms with E-state index in [0.29, 0.717) is 18.5 Å². The van der Waals surface area contributed by atoms with Gasteiger partial charge in [0.25, 0.3) is 0 Å². The number of aliphatic imine (C=N–C) groups is 1. The van der Waals surface area contributed by atoms with Crippen LogP contribution in [-0.2, 0) is 10.0 Å². The van der Waals surface area contributed by atoms with Crippen LogP contribution in [0.25, 0.3) is 0 Å². The van der Waals surface area contributed by atoms with Crippen LogP contribution in [0.5, 0.6) is 0 Å². The van der Waals surface area contributed by atoms with Gasteiger partial charge in [0, 0.05) is 33.2 Å². The first-order valence-corrected chi connectivity index (χ1v) is 10.5. The van der Waals surface area contributed by atoms with E-state index in [2.05, 4.69) is 24.5 Å². The quantitative estimate of drug-likeness (QED) is 0.221. The Morgan fingerprint density at radius 3 is 2.33 bits per heavy atom. The molecule has 0 aliphatic heterocycles. The summed E-state index contributed by atoms with van der Waals surface area (Å²) in [6, 6.07) is 0. The van der Waals surface area contributed by atoms with Crippen molar-refractivity contribution in [2.45, 2.75) is 52.9 Å². The van der Waals surface area contributed by atoms with E-state index in [-0.39, 0.29) is 29.7 Å². The average Bonchev–Trinajstić information content (AvgIpc) is 2.50. The van der Waals surface area contributed by atoms with Gasteiger partial charge in [0.1, 0.15) is 0 Å². The summed E-state index contributed by atoms with van der Waals surface area (Å²) >= 11 is 0. The lowest BCUT2D eigenvalue weighted by Crippen LogP contribution is -2.41. The van der Waals surface area contributed by atoms with Gasteiger partial charge in [-0.1, -0.05) is 13.3 Å². The molecule has 1 aliphatic carbocycles. The maximum absolute atomic E-state index is 11.7. The highest BCUT2D eigenvalue weighted by Crippen LogP contribution is 2.43. The molecule has 0 bridgehead atoms. The predicted octanol–water partition coefficient (Wildman–Crippen LogP) is 2.41. The van der Waals surface area contributed by atoms with Gasteiger partial charge in [0.15, 0.2) is 5.96 Å². The van der Waals surface area contributed by atoms with Crippen molar-refractivity contribution in [2.75, 3.05) is 39.0 Å². The van der Waals surface area contributed by atoms with Gasteiger partial charge >= 0.3 is 0 Å². The zero-order chi connectivity index (χ0) is 17.3. The molecule has 1 aliphatic rings. The van der Waals surface area contributed by atoms with Crippen molar-refractivity contribution in [2.24, 2.45) is 10.4 Å². The zero-order valence-electron chi connectivity index (χ0n) is 15.6. The molecule has 24 heavy (non-hydrogen) atoms. The lowest BCUT2D eigenvalue weighted by molar-refractivity contribution is 0.139. The molecule has 8 heteroatoms. The summed E-state index contributed by atoms with van der Waals surface area (Å²) in [6.07, 6.45) is 5.85. The summed E-state index contributed by atoms with van der Waals surface area (Å²) < 4.78 is 24.8. The van der Waals surface area contributed by atoms with E-state index >= 15 is 0 Å². The van der Waals surface area contributed by atoms with Gasteiger partial charge in [0.05, 0.1) is 5.75 Å². The number of sulfonamides is 1. The highest BCUT2D eigenvalue weighted by atomic mass is 127. The molecule has 144 valence electrons. The van der Waals surface area contributed by atoms with Crippen LogP contribution in [-0.4, -0.2) is 57.7 Å². The van der Waals surface area contributed by atoms with E-state index in [4.69, 9.17) is 4.99 Å². The minimum absolute atomic E-state index is 0. The summed E-state index contributed by atoms with van der Waals surface area (Å²) in [5, 5.41) is 6.57. The standard InChI is InChI=1S/C16H34N4O2S.HI/c1-5-16(10-8-11-16)14-19-15(17-6-2)18-12-9-13-20(4)23(21,22)7-3;/h5-14H2,1-4H3,(H2,17,18,19);1H. The smallest absolute Gasteiger partial charge is 0.213 e. The van der Waals surface area contributed by atoms with Crippen LogP contribution in [0.2, 0.25) is 0 Å². The third kappa shape index (κ3) is 7.43. The Labute approximate surface area is 165 Å². The molecule has 0 spiro atoms. The molecule has 0 amide bonds. The van der Waals surface area contributed by atoms with E-state index in [1.54, 1.807) is 14.0 Å². The van der Waals surface area contributed by atoms with Crippen LogP contribution in [0.4, 0.5) is 0 Å². The molecule has 0 aromatic carbocycles. The summed E-state index contributed by atoms with van der Waals surface area (Å²) in [5.41, 5.74) is 0.414. The van der Waals surface area contributed by atoms with Crippen LogP contribution in [0.1, 0.15) is 52.9 Å². The predicted molar refractivity (Wildman–Crippen MR) is 113 cm³/mol. The minimum Gasteiger partial charge on any atom is -0.357 e. The van der Waals surface area contributed by atoms with Crippen molar-refractivity contribution in [3.8, 4) is 0 Å². The summed E-state index contributed by atoms with van der Waals surface area (Å²) in [5.74, 6) is 0.994. The Morgan fingerprint density at radius 2 is 1.88 bits per heavy atom. The Hall–Kier alpha value is -0.0900. The second kappa shape index (κ2) is 11.5. The Kier molecular flexibility index (Phi) is 11.5. The Morgan fingerprint density at radius 1 is 1.21 bits per heavy atom. The largest absolute Gasteiger partial charge is 0.357 e. The molecule has 0 aromatic rings. The lowest BCUT2D eigenvalue weighted by atomic mass is 9.67. The lowest BCUT2D eigenvalue weighted by Gasteiger charge is -2.40. The molecule has 6 nitrogen and oxygen atoms in total. The van der Waals surface area contributed by atoms with Gasteiger partial charge in [-0.05, 0) is 44.9 Å². The van der Waals surface area contributed by atoms with Crippen molar-refractivity contribution in [3.63, 3.8) is 0 Å². The number of halogens is 1. The maximum Gasteiger partial charge on any atom is 0.213 e. The second-order valence-electron chi connectivity index (χ2n) is 6.40. The molecular weight excluding hydrogens is 439 g/mol. The molecule has 0 radical (unpaired) electrons. The number of rotatable bonds is 10. The number of nitrogens with one attached hydrogen (secondary N) is 2. The number of hydrogen-bond donors (Lipinski definition) is 2. The van der Waals surface area contributed by atoms with Crippen LogP contribution in [0.3, 0.4) is 0 Å². The van der Waals surface area contributed by atoms with Crippen LogP contribution in [0, 0.1) is 5.41 Å². The summed E-state index contributed by atoms with van der Waals surface area (Å²) in [4.78, 5) is 4.72. The van der Waals surface area contributed by atoms with Crippen molar-refractivity contribution >= 4 is 40.0 Å². The molecule has 1 rings (SSSR count). The normalized spacial score (nSPS) is 17.1. The molecule has 2 N–H and O–H groups in total. The third-order valence-corrected chi connectivity index (χ3v) is 6.72. The topological polar surface area (TPSA) is 73.8 Å². The van der Waals surface area contributed by atoms with Gasteiger partial charge < -0.3 is 10.6 Å². The molecular formula is C16H35IN4O2S. The molecule has 1 fully saturated rings. The average molecular weight is 474 g/mol. The third-order valence-electron chi connectivity index (χ3n) is 4.86. The van der Waals surface area contributed by atoms with Crippen LogP contribution < -0.4 is 10.6 Å². The SMILES string of the molecule is CCNC(=NCC1(CC)CCC1)NCCCN(C)S(=O)(=O)CC.I. The minimum atomic E-state index is -3.08. The van der Waals surface area contributed by atoms with E-state index < -0.39 is 10.0 Å². The first-order chi connectivity index (χ1) is 10.9. The van der Waals surface area contributed by atoms with E-state index in [9.17, 15) is 8.42 Å². The van der Waals surface area contributed by atoms with Gasteiger partial charge in [-0.2, -0.15) is 0 Å². The van der Waals surface area contributed by atoms with Crippen molar-refractivity contribution in [1.82, 2.24) is 14.9 Å². The molecule has 0 heterocycles. The number of nitrogens with zero attached hydrogens (tertiary/aromatic N) is 2. The van der Waals surface area contributed by atoms with Gasteiger partial charge in [0.2, 0.25) is 10.0 Å².